The summed E-state index contributed by atoms with van der Waals surface area (Å²) in [6.07, 6.45) is 2.36. The van der Waals surface area contributed by atoms with E-state index in [0.717, 1.165) is 5.57 Å². The van der Waals surface area contributed by atoms with E-state index in [1.165, 1.54) is 0 Å². The second kappa shape index (κ2) is 8.54. The summed E-state index contributed by atoms with van der Waals surface area (Å²) in [4.78, 5) is 10.6. The summed E-state index contributed by atoms with van der Waals surface area (Å²) in [6.45, 7) is 13.0. The Morgan fingerprint density at radius 2 is 1.86 bits per heavy atom. The maximum Gasteiger partial charge on any atom is 0.331 e. The fourth-order valence-electron chi connectivity index (χ4n) is 0.947. The van der Waals surface area contributed by atoms with Gasteiger partial charge in [0.25, 0.3) is 0 Å². The van der Waals surface area contributed by atoms with Crippen molar-refractivity contribution in [1.82, 2.24) is 0 Å². The lowest BCUT2D eigenvalue weighted by atomic mass is 9.97. The van der Waals surface area contributed by atoms with Crippen molar-refractivity contribution in [3.63, 3.8) is 0 Å². The molecule has 0 bridgehead atoms. The van der Waals surface area contributed by atoms with E-state index in [2.05, 4.69) is 6.58 Å². The minimum Gasteiger partial charge on any atom is -0.478 e. The fraction of sp³-hybridized carbons (Fsp3) is 0.583. The van der Waals surface area contributed by atoms with Gasteiger partial charge in [0.2, 0.25) is 0 Å². The lowest BCUT2D eigenvalue weighted by Crippen LogP contribution is -2.05. The van der Waals surface area contributed by atoms with Crippen molar-refractivity contribution < 1.29 is 9.90 Å². The van der Waals surface area contributed by atoms with Crippen molar-refractivity contribution >= 4 is 5.97 Å². The molecule has 14 heavy (non-hydrogen) atoms. The molecule has 0 amide bonds. The third-order valence-corrected chi connectivity index (χ3v) is 1.95. The first-order valence-corrected chi connectivity index (χ1v) is 4.92. The Bertz CT molecular complexity index is 212. The quantitative estimate of drug-likeness (QED) is 0.555. The molecule has 0 aromatic rings. The van der Waals surface area contributed by atoms with Crippen LogP contribution in [0.4, 0.5) is 0 Å². The Labute approximate surface area is 87.3 Å². The van der Waals surface area contributed by atoms with Gasteiger partial charge in [0.15, 0.2) is 0 Å². The van der Waals surface area contributed by atoms with Crippen molar-refractivity contribution in [2.24, 2.45) is 5.92 Å². The Morgan fingerprint density at radius 3 is 1.93 bits per heavy atom. The summed E-state index contributed by atoms with van der Waals surface area (Å²) in [7, 11) is 0. The average Bonchev–Trinajstić information content (AvgIpc) is 2.05. The number of rotatable bonds is 3. The number of allylic oxidation sites excluding steroid dienone is 2. The minimum absolute atomic E-state index is 0.334. The van der Waals surface area contributed by atoms with Gasteiger partial charge in [-0.2, -0.15) is 0 Å². The lowest BCUT2D eigenvalue weighted by Gasteiger charge is -2.08. The molecule has 0 aromatic heterocycles. The molecule has 1 N–H and O–H groups in total. The average molecular weight is 198 g/mol. The summed E-state index contributed by atoms with van der Waals surface area (Å²) in [6, 6.07) is 0. The molecule has 82 valence electrons. The van der Waals surface area contributed by atoms with Crippen LogP contribution in [0.25, 0.3) is 0 Å². The van der Waals surface area contributed by atoms with E-state index in [0.29, 0.717) is 17.9 Å². The summed E-state index contributed by atoms with van der Waals surface area (Å²) in [5.41, 5.74) is 1.54. The highest BCUT2D eigenvalue weighted by Gasteiger charge is 2.10. The summed E-state index contributed by atoms with van der Waals surface area (Å²) < 4.78 is 0. The summed E-state index contributed by atoms with van der Waals surface area (Å²) in [5.74, 6) is -0.445. The van der Waals surface area contributed by atoms with Gasteiger partial charge in [-0.1, -0.05) is 32.4 Å². The van der Waals surface area contributed by atoms with E-state index in [4.69, 9.17) is 5.11 Å². The summed E-state index contributed by atoms with van der Waals surface area (Å²) >= 11 is 0. The SMILES string of the molecule is C=CC.CC/C(C(=O)O)=C(\C)C(C)C. The maximum atomic E-state index is 10.6. The van der Waals surface area contributed by atoms with Crippen LogP contribution in [0.1, 0.15) is 41.0 Å². The molecule has 0 saturated carbocycles. The van der Waals surface area contributed by atoms with Gasteiger partial charge < -0.3 is 5.11 Å². The number of carboxylic acids is 1. The highest BCUT2D eigenvalue weighted by Crippen LogP contribution is 2.16. The topological polar surface area (TPSA) is 37.3 Å². The van der Waals surface area contributed by atoms with Crippen LogP contribution >= 0.6 is 0 Å². The van der Waals surface area contributed by atoms with Crippen LogP contribution in [0.2, 0.25) is 0 Å². The van der Waals surface area contributed by atoms with Crippen molar-refractivity contribution in [3.8, 4) is 0 Å². The molecular formula is C12H22O2. The van der Waals surface area contributed by atoms with Crippen LogP contribution in [0, 0.1) is 5.92 Å². The van der Waals surface area contributed by atoms with Crippen molar-refractivity contribution in [2.45, 2.75) is 41.0 Å². The third-order valence-electron chi connectivity index (χ3n) is 1.95. The molecule has 0 spiro atoms. The van der Waals surface area contributed by atoms with Gasteiger partial charge in [-0.3, -0.25) is 0 Å². The minimum atomic E-state index is -0.779. The first-order chi connectivity index (χ1) is 6.42. The largest absolute Gasteiger partial charge is 0.478 e. The predicted octanol–water partition coefficient (Wildman–Crippen LogP) is 3.65. The molecule has 0 atom stereocenters. The number of carbonyl (C=O) groups is 1. The Hall–Kier alpha value is -1.05. The molecule has 0 fully saturated rings. The first kappa shape index (κ1) is 15.4. The zero-order chi connectivity index (χ0) is 11.7. The van der Waals surface area contributed by atoms with Gasteiger partial charge in [0, 0.05) is 5.57 Å². The molecule has 0 rings (SSSR count). The molecule has 2 nitrogen and oxygen atoms in total. The second-order valence-electron chi connectivity index (χ2n) is 3.38. The van der Waals surface area contributed by atoms with E-state index in [9.17, 15) is 4.79 Å². The molecule has 0 aliphatic heterocycles. The van der Waals surface area contributed by atoms with Gasteiger partial charge in [0.05, 0.1) is 0 Å². The predicted molar refractivity (Wildman–Crippen MR) is 61.3 cm³/mol. The molecule has 0 radical (unpaired) electrons. The van der Waals surface area contributed by atoms with Gasteiger partial charge in [-0.15, -0.1) is 6.58 Å². The van der Waals surface area contributed by atoms with E-state index in [1.54, 1.807) is 6.08 Å². The zero-order valence-electron chi connectivity index (χ0n) is 9.92. The van der Waals surface area contributed by atoms with E-state index in [1.807, 2.05) is 34.6 Å². The fourth-order valence-corrected chi connectivity index (χ4v) is 0.947. The van der Waals surface area contributed by atoms with E-state index >= 15 is 0 Å². The molecule has 0 aliphatic carbocycles. The summed E-state index contributed by atoms with van der Waals surface area (Å²) in [5, 5.41) is 8.73. The van der Waals surface area contributed by atoms with Crippen molar-refractivity contribution in [1.29, 1.82) is 0 Å². The Morgan fingerprint density at radius 1 is 1.50 bits per heavy atom. The van der Waals surface area contributed by atoms with Crippen LogP contribution in [0.15, 0.2) is 23.8 Å². The molecule has 0 aromatic carbocycles. The monoisotopic (exact) mass is 198 g/mol. The van der Waals surface area contributed by atoms with Crippen LogP contribution in [0.3, 0.4) is 0 Å². The van der Waals surface area contributed by atoms with Gasteiger partial charge >= 0.3 is 5.97 Å². The second-order valence-corrected chi connectivity index (χ2v) is 3.38. The molecular weight excluding hydrogens is 176 g/mol. The number of hydrogen-bond donors (Lipinski definition) is 1. The van der Waals surface area contributed by atoms with Crippen LogP contribution < -0.4 is 0 Å². The highest BCUT2D eigenvalue weighted by atomic mass is 16.4. The van der Waals surface area contributed by atoms with E-state index in [-0.39, 0.29) is 0 Å². The van der Waals surface area contributed by atoms with E-state index < -0.39 is 5.97 Å². The van der Waals surface area contributed by atoms with Crippen LogP contribution in [0.5, 0.6) is 0 Å². The molecule has 0 heterocycles. The molecule has 0 saturated heterocycles. The van der Waals surface area contributed by atoms with Crippen molar-refractivity contribution in [3.05, 3.63) is 23.8 Å². The zero-order valence-corrected chi connectivity index (χ0v) is 9.92. The van der Waals surface area contributed by atoms with Crippen LogP contribution in [-0.4, -0.2) is 11.1 Å². The van der Waals surface area contributed by atoms with Crippen molar-refractivity contribution in [2.75, 3.05) is 0 Å². The Kier molecular flexibility index (Phi) is 9.41. The molecule has 0 unspecified atom stereocenters. The smallest absolute Gasteiger partial charge is 0.331 e. The lowest BCUT2D eigenvalue weighted by molar-refractivity contribution is -0.132. The number of carboxylic acid groups (broad SMARTS) is 1. The maximum absolute atomic E-state index is 10.6. The number of aliphatic carboxylic acids is 1. The van der Waals surface area contributed by atoms with Gasteiger partial charge in [-0.05, 0) is 26.2 Å². The molecule has 0 aliphatic rings. The Balaban J connectivity index is 0. The first-order valence-electron chi connectivity index (χ1n) is 4.92. The highest BCUT2D eigenvalue weighted by molar-refractivity contribution is 5.87. The standard InChI is InChI=1S/C9H16O2.C3H6/c1-5-8(9(10)11)7(4)6(2)3;1-3-2/h6H,5H2,1-4H3,(H,10,11);3H,1H2,2H3/b8-7-;. The van der Waals surface area contributed by atoms with Gasteiger partial charge in [-0.25, -0.2) is 4.79 Å². The van der Waals surface area contributed by atoms with Crippen LogP contribution in [-0.2, 0) is 4.79 Å². The molecule has 2 heteroatoms. The number of hydrogen-bond acceptors (Lipinski definition) is 1. The third kappa shape index (κ3) is 6.46. The van der Waals surface area contributed by atoms with Gasteiger partial charge in [0.1, 0.15) is 0 Å². The normalized spacial score (nSPS) is 11.3.